The lowest BCUT2D eigenvalue weighted by molar-refractivity contribution is 0.0600. The number of carbonyl (C=O) groups excluding carboxylic acids is 1. The van der Waals surface area contributed by atoms with Crippen LogP contribution in [0.3, 0.4) is 0 Å². The minimum atomic E-state index is 0.195. The number of piperidine rings is 1. The molecule has 0 atom stereocenters. The fourth-order valence-corrected chi connectivity index (χ4v) is 4.96. The second-order valence-electron chi connectivity index (χ2n) is 7.41. The molecular formula is C21H26N2OS. The summed E-state index contributed by atoms with van der Waals surface area (Å²) < 4.78 is 0. The van der Waals surface area contributed by atoms with E-state index in [4.69, 9.17) is 0 Å². The van der Waals surface area contributed by atoms with Gasteiger partial charge in [0.05, 0.1) is 0 Å². The highest BCUT2D eigenvalue weighted by atomic mass is 32.1. The monoisotopic (exact) mass is 354 g/mol. The molecule has 2 aliphatic heterocycles. The number of fused-ring (bicyclic) bond motifs is 1. The fraction of sp³-hybridized carbons (Fsp3) is 0.476. The second kappa shape index (κ2) is 6.93. The number of likely N-dealkylation sites (tertiary alicyclic amines) is 1. The van der Waals surface area contributed by atoms with Crippen molar-refractivity contribution in [2.45, 2.75) is 45.7 Å². The molecule has 0 unspecified atom stereocenters. The van der Waals surface area contributed by atoms with Crippen molar-refractivity contribution >= 4 is 17.2 Å². The molecule has 4 rings (SSSR count). The van der Waals surface area contributed by atoms with E-state index in [0.717, 1.165) is 38.0 Å². The zero-order chi connectivity index (χ0) is 17.4. The molecule has 1 aromatic carbocycles. The van der Waals surface area contributed by atoms with Crippen molar-refractivity contribution < 1.29 is 4.79 Å². The van der Waals surface area contributed by atoms with E-state index in [1.165, 1.54) is 29.7 Å². The van der Waals surface area contributed by atoms with Gasteiger partial charge in [-0.25, -0.2) is 0 Å². The summed E-state index contributed by atoms with van der Waals surface area (Å²) in [5.74, 6) is 0.195. The first-order chi connectivity index (χ1) is 12.1. The van der Waals surface area contributed by atoms with Crippen molar-refractivity contribution in [3.05, 3.63) is 56.8 Å². The van der Waals surface area contributed by atoms with Gasteiger partial charge in [-0.3, -0.25) is 9.69 Å². The van der Waals surface area contributed by atoms with Crippen molar-refractivity contribution in [3.63, 3.8) is 0 Å². The first-order valence-corrected chi connectivity index (χ1v) is 10.2. The Kier molecular flexibility index (Phi) is 4.65. The minimum absolute atomic E-state index is 0.195. The maximum Gasteiger partial charge on any atom is 0.253 e. The van der Waals surface area contributed by atoms with Crippen molar-refractivity contribution in [2.75, 3.05) is 19.6 Å². The first-order valence-electron chi connectivity index (χ1n) is 9.27. The lowest BCUT2D eigenvalue weighted by Crippen LogP contribution is -2.47. The zero-order valence-corrected chi connectivity index (χ0v) is 15.9. The quantitative estimate of drug-likeness (QED) is 0.813. The van der Waals surface area contributed by atoms with E-state index in [0.29, 0.717) is 6.04 Å². The highest BCUT2D eigenvalue weighted by molar-refractivity contribution is 7.10. The molecule has 3 heterocycles. The van der Waals surface area contributed by atoms with Crippen LogP contribution in [0.25, 0.3) is 0 Å². The molecule has 1 fully saturated rings. The summed E-state index contributed by atoms with van der Waals surface area (Å²) in [6.07, 6.45) is 3.38. The van der Waals surface area contributed by atoms with E-state index >= 15 is 0 Å². The Balaban J connectivity index is 1.37. The highest BCUT2D eigenvalue weighted by Gasteiger charge is 2.29. The van der Waals surface area contributed by atoms with Gasteiger partial charge >= 0.3 is 0 Å². The first kappa shape index (κ1) is 16.8. The van der Waals surface area contributed by atoms with Gasteiger partial charge in [0.1, 0.15) is 0 Å². The summed E-state index contributed by atoms with van der Waals surface area (Å²) in [5.41, 5.74) is 4.79. The number of thiophene rings is 1. The second-order valence-corrected chi connectivity index (χ2v) is 8.41. The van der Waals surface area contributed by atoms with E-state index in [1.807, 2.05) is 28.4 Å². The average molecular weight is 355 g/mol. The van der Waals surface area contributed by atoms with Crippen molar-refractivity contribution in [3.8, 4) is 0 Å². The molecule has 25 heavy (non-hydrogen) atoms. The number of amides is 1. The van der Waals surface area contributed by atoms with Gasteiger partial charge < -0.3 is 4.90 Å². The number of rotatable bonds is 2. The number of carbonyl (C=O) groups is 1. The zero-order valence-electron chi connectivity index (χ0n) is 15.1. The molecule has 0 saturated carbocycles. The molecular weight excluding hydrogens is 328 g/mol. The molecule has 3 nitrogen and oxygen atoms in total. The Hall–Kier alpha value is -1.65. The standard InChI is InChI=1S/C21H26N2OS/c1-15-3-4-17(13-16(15)2)21(24)22-9-5-19(6-10-22)23-11-7-20-18(14-23)8-12-25-20/h3-4,8,12-13,19H,5-7,9-11,14H2,1-2H3. The largest absolute Gasteiger partial charge is 0.339 e. The molecule has 2 aromatic rings. The third kappa shape index (κ3) is 3.38. The van der Waals surface area contributed by atoms with Crippen LogP contribution >= 0.6 is 11.3 Å². The van der Waals surface area contributed by atoms with Gasteiger partial charge in [-0.15, -0.1) is 11.3 Å². The molecule has 132 valence electrons. The van der Waals surface area contributed by atoms with Crippen LogP contribution in [0, 0.1) is 13.8 Å². The number of hydrogen-bond acceptors (Lipinski definition) is 3. The molecule has 0 N–H and O–H groups in total. The Morgan fingerprint density at radius 2 is 1.88 bits per heavy atom. The minimum Gasteiger partial charge on any atom is -0.339 e. The molecule has 2 aliphatic rings. The van der Waals surface area contributed by atoms with Crippen LogP contribution in [0.1, 0.15) is 44.8 Å². The van der Waals surface area contributed by atoms with Gasteiger partial charge in [0.25, 0.3) is 5.91 Å². The van der Waals surface area contributed by atoms with E-state index in [2.05, 4.69) is 36.3 Å². The Morgan fingerprint density at radius 1 is 1.08 bits per heavy atom. The van der Waals surface area contributed by atoms with Gasteiger partial charge in [0, 0.05) is 42.7 Å². The number of nitrogens with zero attached hydrogens (tertiary/aromatic N) is 2. The maximum atomic E-state index is 12.8. The van der Waals surface area contributed by atoms with Crippen LogP contribution in [-0.2, 0) is 13.0 Å². The predicted molar refractivity (Wildman–Crippen MR) is 103 cm³/mol. The summed E-state index contributed by atoms with van der Waals surface area (Å²) in [5, 5.41) is 2.22. The average Bonchev–Trinajstić information content (AvgIpc) is 3.11. The molecule has 0 radical (unpaired) electrons. The van der Waals surface area contributed by atoms with Gasteiger partial charge in [0.2, 0.25) is 0 Å². The van der Waals surface area contributed by atoms with Gasteiger partial charge in [-0.1, -0.05) is 6.07 Å². The molecule has 1 saturated heterocycles. The third-order valence-corrected chi connectivity index (χ3v) is 6.88. The Morgan fingerprint density at radius 3 is 2.64 bits per heavy atom. The van der Waals surface area contributed by atoms with Crippen molar-refractivity contribution in [2.24, 2.45) is 0 Å². The van der Waals surface area contributed by atoms with Gasteiger partial charge in [-0.2, -0.15) is 0 Å². The van der Waals surface area contributed by atoms with E-state index in [1.54, 1.807) is 4.88 Å². The number of hydrogen-bond donors (Lipinski definition) is 0. The van der Waals surface area contributed by atoms with Crippen LogP contribution in [0.4, 0.5) is 0 Å². The van der Waals surface area contributed by atoms with Crippen LogP contribution in [0.2, 0.25) is 0 Å². The van der Waals surface area contributed by atoms with E-state index < -0.39 is 0 Å². The van der Waals surface area contributed by atoms with Crippen LogP contribution in [0.15, 0.2) is 29.6 Å². The molecule has 0 bridgehead atoms. The molecule has 0 spiro atoms. The van der Waals surface area contributed by atoms with Crippen molar-refractivity contribution in [1.29, 1.82) is 0 Å². The topological polar surface area (TPSA) is 23.6 Å². The predicted octanol–water partition coefficient (Wildman–Crippen LogP) is 4.03. The molecule has 1 aromatic heterocycles. The summed E-state index contributed by atoms with van der Waals surface area (Å²) in [6, 6.07) is 8.97. The highest BCUT2D eigenvalue weighted by Crippen LogP contribution is 2.28. The third-order valence-electron chi connectivity index (χ3n) is 5.86. The normalized spacial score (nSPS) is 19.0. The van der Waals surface area contributed by atoms with Crippen LogP contribution < -0.4 is 0 Å². The van der Waals surface area contributed by atoms with Crippen LogP contribution in [-0.4, -0.2) is 41.4 Å². The maximum absolute atomic E-state index is 12.8. The molecule has 1 amide bonds. The number of aryl methyl sites for hydroxylation is 2. The Labute approximate surface area is 154 Å². The lowest BCUT2D eigenvalue weighted by Gasteiger charge is -2.40. The SMILES string of the molecule is Cc1ccc(C(=O)N2CCC(N3CCc4sccc4C3)CC2)cc1C. The number of benzene rings is 1. The summed E-state index contributed by atoms with van der Waals surface area (Å²) in [6.45, 7) is 8.19. The smallest absolute Gasteiger partial charge is 0.253 e. The summed E-state index contributed by atoms with van der Waals surface area (Å²) in [4.78, 5) is 19.0. The lowest BCUT2D eigenvalue weighted by atomic mass is 9.98. The van der Waals surface area contributed by atoms with Gasteiger partial charge in [0.15, 0.2) is 0 Å². The fourth-order valence-electron chi connectivity index (χ4n) is 4.07. The summed E-state index contributed by atoms with van der Waals surface area (Å²) >= 11 is 1.90. The van der Waals surface area contributed by atoms with Crippen molar-refractivity contribution in [1.82, 2.24) is 9.80 Å². The van der Waals surface area contributed by atoms with Gasteiger partial charge in [-0.05, 0) is 73.4 Å². The summed E-state index contributed by atoms with van der Waals surface area (Å²) in [7, 11) is 0. The van der Waals surface area contributed by atoms with Crippen LogP contribution in [0.5, 0.6) is 0 Å². The Bertz CT molecular complexity index is 774. The molecule has 0 aliphatic carbocycles. The van der Waals surface area contributed by atoms with E-state index in [-0.39, 0.29) is 5.91 Å². The van der Waals surface area contributed by atoms with E-state index in [9.17, 15) is 4.79 Å². The molecule has 4 heteroatoms.